The molecule has 10 nitrogen and oxygen atoms in total. The number of aromatic amines is 1. The summed E-state index contributed by atoms with van der Waals surface area (Å²) < 4.78 is 0. The second kappa shape index (κ2) is 6.31. The quantitative estimate of drug-likeness (QED) is 0.403. The van der Waals surface area contributed by atoms with E-state index in [9.17, 15) is 24.5 Å². The Labute approximate surface area is 111 Å². The number of aromatic nitrogens is 1. The molecule has 0 aliphatic heterocycles. The van der Waals surface area contributed by atoms with E-state index in [0.29, 0.717) is 0 Å². The number of carboxylic acid groups (broad SMARTS) is 2. The first-order valence-corrected chi connectivity index (χ1v) is 5.39. The predicted octanol–water partition coefficient (Wildman–Crippen LogP) is -0.0293. The second-order valence-electron chi connectivity index (χ2n) is 3.83. The second-order valence-corrected chi connectivity index (χ2v) is 3.83. The molecular formula is C10H11N3O7. The molecule has 0 aliphatic carbocycles. The minimum absolute atomic E-state index is 0.182. The normalized spacial score (nSPS) is 11.6. The fourth-order valence-corrected chi connectivity index (χ4v) is 1.38. The van der Waals surface area contributed by atoms with Crippen molar-refractivity contribution in [2.45, 2.75) is 18.9 Å². The van der Waals surface area contributed by atoms with Gasteiger partial charge in [0.1, 0.15) is 11.7 Å². The zero-order valence-corrected chi connectivity index (χ0v) is 10.0. The molecule has 0 bridgehead atoms. The highest BCUT2D eigenvalue weighted by atomic mass is 16.6. The maximum absolute atomic E-state index is 11.7. The van der Waals surface area contributed by atoms with Gasteiger partial charge >= 0.3 is 11.9 Å². The van der Waals surface area contributed by atoms with E-state index in [-0.39, 0.29) is 17.8 Å². The van der Waals surface area contributed by atoms with Gasteiger partial charge in [-0.3, -0.25) is 19.7 Å². The molecule has 0 saturated carbocycles. The predicted molar refractivity (Wildman–Crippen MR) is 63.2 cm³/mol. The molecule has 4 N–H and O–H groups in total. The molecule has 0 saturated heterocycles. The largest absolute Gasteiger partial charge is 0.481 e. The van der Waals surface area contributed by atoms with Crippen LogP contribution in [0.5, 0.6) is 0 Å². The van der Waals surface area contributed by atoms with Crippen LogP contribution < -0.4 is 5.32 Å². The van der Waals surface area contributed by atoms with E-state index in [4.69, 9.17) is 10.2 Å². The van der Waals surface area contributed by atoms with Crippen molar-refractivity contribution in [1.29, 1.82) is 0 Å². The van der Waals surface area contributed by atoms with E-state index >= 15 is 0 Å². The smallest absolute Gasteiger partial charge is 0.326 e. The molecule has 0 aliphatic rings. The number of carboxylic acids is 2. The van der Waals surface area contributed by atoms with E-state index in [1.807, 2.05) is 0 Å². The van der Waals surface area contributed by atoms with Crippen LogP contribution in [0.4, 0.5) is 5.69 Å². The Kier molecular flexibility index (Phi) is 4.78. The minimum atomic E-state index is -1.39. The van der Waals surface area contributed by atoms with E-state index in [2.05, 4.69) is 10.3 Å². The number of rotatable bonds is 7. The highest BCUT2D eigenvalue weighted by Gasteiger charge is 2.23. The summed E-state index contributed by atoms with van der Waals surface area (Å²) in [6.07, 6.45) is 0.267. The number of hydrogen-bond donors (Lipinski definition) is 4. The zero-order valence-electron chi connectivity index (χ0n) is 10.0. The number of amides is 1. The molecule has 1 rings (SSSR count). The molecule has 1 aromatic heterocycles. The van der Waals surface area contributed by atoms with Crippen molar-refractivity contribution in [2.24, 2.45) is 0 Å². The summed E-state index contributed by atoms with van der Waals surface area (Å²) in [5, 5.41) is 29.8. The number of carbonyl (C=O) groups is 3. The van der Waals surface area contributed by atoms with Crippen molar-refractivity contribution in [2.75, 3.05) is 0 Å². The lowest BCUT2D eigenvalue weighted by Gasteiger charge is -2.12. The van der Waals surface area contributed by atoms with Gasteiger partial charge in [0.25, 0.3) is 11.6 Å². The summed E-state index contributed by atoms with van der Waals surface area (Å²) in [6.45, 7) is 0. The van der Waals surface area contributed by atoms with Gasteiger partial charge in [-0.2, -0.15) is 0 Å². The fourth-order valence-electron chi connectivity index (χ4n) is 1.38. The summed E-state index contributed by atoms with van der Waals surface area (Å²) >= 11 is 0. The summed E-state index contributed by atoms with van der Waals surface area (Å²) in [7, 11) is 0. The molecule has 10 heteroatoms. The van der Waals surface area contributed by atoms with E-state index < -0.39 is 35.2 Å². The molecule has 0 radical (unpaired) electrons. The number of nitro groups is 1. The number of nitrogens with zero attached hydrogens (tertiary/aromatic N) is 1. The van der Waals surface area contributed by atoms with Crippen molar-refractivity contribution < 1.29 is 29.5 Å². The molecule has 108 valence electrons. The van der Waals surface area contributed by atoms with E-state index in [0.717, 1.165) is 12.3 Å². The average molecular weight is 285 g/mol. The molecule has 1 heterocycles. The lowest BCUT2D eigenvalue weighted by Crippen LogP contribution is -2.41. The molecule has 1 atom stereocenters. The number of nitrogens with one attached hydrogen (secondary N) is 2. The number of aliphatic carboxylic acids is 2. The molecule has 0 spiro atoms. The van der Waals surface area contributed by atoms with Crippen molar-refractivity contribution in [3.63, 3.8) is 0 Å². The van der Waals surface area contributed by atoms with Crippen LogP contribution in [0.1, 0.15) is 23.3 Å². The first-order valence-electron chi connectivity index (χ1n) is 5.39. The third-order valence-corrected chi connectivity index (χ3v) is 2.37. The summed E-state index contributed by atoms with van der Waals surface area (Å²) in [4.78, 5) is 45.0. The van der Waals surface area contributed by atoms with E-state index in [1.165, 1.54) is 0 Å². The topological polar surface area (TPSA) is 163 Å². The standard InChI is InChI=1S/C10H11N3O7/c14-8(15)2-1-6(10(17)18)12-9(16)7-3-5(4-11-7)13(19)20/h3-4,6,11H,1-2H2,(H,12,16)(H,14,15)(H,17,18). The Balaban J connectivity index is 2.72. The average Bonchev–Trinajstić information content (AvgIpc) is 2.83. The SMILES string of the molecule is O=C(O)CCC(NC(=O)c1cc([N+](=O)[O-])c[nH]1)C(=O)O. The van der Waals surface area contributed by atoms with Gasteiger partial charge in [-0.15, -0.1) is 0 Å². The molecule has 20 heavy (non-hydrogen) atoms. The van der Waals surface area contributed by atoms with Crippen molar-refractivity contribution in [3.8, 4) is 0 Å². The Morgan fingerprint density at radius 3 is 2.50 bits per heavy atom. The van der Waals surface area contributed by atoms with Crippen LogP contribution in [0.2, 0.25) is 0 Å². The van der Waals surface area contributed by atoms with Gasteiger partial charge in [-0.25, -0.2) is 4.79 Å². The Morgan fingerprint density at radius 1 is 1.40 bits per heavy atom. The third kappa shape index (κ3) is 4.08. The Hall–Kier alpha value is -2.91. The van der Waals surface area contributed by atoms with Crippen LogP contribution >= 0.6 is 0 Å². The highest BCUT2D eigenvalue weighted by Crippen LogP contribution is 2.12. The number of H-pyrrole nitrogens is 1. The van der Waals surface area contributed by atoms with Crippen LogP contribution in [-0.2, 0) is 9.59 Å². The molecule has 0 fully saturated rings. The van der Waals surface area contributed by atoms with Crippen molar-refractivity contribution >= 4 is 23.5 Å². The first kappa shape index (κ1) is 15.1. The summed E-state index contributed by atoms with van der Waals surface area (Å²) in [5.41, 5.74) is -0.522. The van der Waals surface area contributed by atoms with Crippen LogP contribution in [0.15, 0.2) is 12.3 Å². The molecule has 1 aromatic rings. The molecule has 1 amide bonds. The van der Waals surface area contributed by atoms with E-state index in [1.54, 1.807) is 0 Å². The lowest BCUT2D eigenvalue weighted by atomic mass is 10.1. The number of hydrogen-bond acceptors (Lipinski definition) is 5. The maximum atomic E-state index is 11.7. The highest BCUT2D eigenvalue weighted by molar-refractivity contribution is 5.95. The van der Waals surface area contributed by atoms with Crippen LogP contribution in [0.3, 0.4) is 0 Å². The van der Waals surface area contributed by atoms with Crippen molar-refractivity contribution in [3.05, 3.63) is 28.1 Å². The number of carbonyl (C=O) groups excluding carboxylic acids is 1. The maximum Gasteiger partial charge on any atom is 0.326 e. The molecule has 0 aromatic carbocycles. The van der Waals surface area contributed by atoms with Gasteiger partial charge in [0.2, 0.25) is 0 Å². The summed E-state index contributed by atoms with van der Waals surface area (Å²) in [5.74, 6) is -3.45. The van der Waals surface area contributed by atoms with Gasteiger partial charge in [-0.05, 0) is 6.42 Å². The zero-order chi connectivity index (χ0) is 15.3. The van der Waals surface area contributed by atoms with Gasteiger partial charge in [0.15, 0.2) is 0 Å². The third-order valence-electron chi connectivity index (χ3n) is 2.37. The first-order chi connectivity index (χ1) is 9.31. The minimum Gasteiger partial charge on any atom is -0.481 e. The Bertz CT molecular complexity index is 551. The van der Waals surface area contributed by atoms with Crippen molar-refractivity contribution in [1.82, 2.24) is 10.3 Å². The Morgan fingerprint density at radius 2 is 2.05 bits per heavy atom. The summed E-state index contributed by atoms with van der Waals surface area (Å²) in [6, 6.07) is -0.438. The van der Waals surface area contributed by atoms with Gasteiger partial charge < -0.3 is 20.5 Å². The molecular weight excluding hydrogens is 274 g/mol. The monoisotopic (exact) mass is 285 g/mol. The molecule has 1 unspecified atom stereocenters. The van der Waals surface area contributed by atoms with Gasteiger partial charge in [0, 0.05) is 12.5 Å². The van der Waals surface area contributed by atoms with Gasteiger partial charge in [-0.1, -0.05) is 0 Å². The van der Waals surface area contributed by atoms with Crippen LogP contribution in [0, 0.1) is 10.1 Å². The fraction of sp³-hybridized carbons (Fsp3) is 0.300. The van der Waals surface area contributed by atoms with Crippen LogP contribution in [0.25, 0.3) is 0 Å². The van der Waals surface area contributed by atoms with Crippen LogP contribution in [-0.4, -0.2) is 44.0 Å². The lowest BCUT2D eigenvalue weighted by molar-refractivity contribution is -0.384. The van der Waals surface area contributed by atoms with Gasteiger partial charge in [0.05, 0.1) is 11.1 Å².